The Morgan fingerprint density at radius 1 is 1.44 bits per heavy atom. The first-order chi connectivity index (χ1) is 7.61. The van der Waals surface area contributed by atoms with Crippen LogP contribution in [0, 0.1) is 13.8 Å². The summed E-state index contributed by atoms with van der Waals surface area (Å²) in [4.78, 5) is 4.39. The Morgan fingerprint density at radius 2 is 2.19 bits per heavy atom. The van der Waals surface area contributed by atoms with Gasteiger partial charge in [-0.2, -0.15) is 5.10 Å². The van der Waals surface area contributed by atoms with Gasteiger partial charge in [0.05, 0.1) is 34.5 Å². The smallest absolute Gasteiger partial charge is 0.114 e. The fourth-order valence-corrected chi connectivity index (χ4v) is 2.58. The van der Waals surface area contributed by atoms with Gasteiger partial charge in [-0.25, -0.2) is 4.98 Å². The Morgan fingerprint density at radius 3 is 2.69 bits per heavy atom. The molecule has 0 fully saturated rings. The van der Waals surface area contributed by atoms with E-state index >= 15 is 0 Å². The lowest BCUT2D eigenvalue weighted by Crippen LogP contribution is -2.03. The van der Waals surface area contributed by atoms with Crippen molar-refractivity contribution in [2.75, 3.05) is 0 Å². The van der Waals surface area contributed by atoms with E-state index in [9.17, 15) is 0 Å². The molecule has 2 heterocycles. The third-order valence-electron chi connectivity index (χ3n) is 2.31. The van der Waals surface area contributed by atoms with Crippen molar-refractivity contribution >= 4 is 34.5 Å². The zero-order valence-corrected chi connectivity index (χ0v) is 11.3. The summed E-state index contributed by atoms with van der Waals surface area (Å²) >= 11 is 13.4. The van der Waals surface area contributed by atoms with Gasteiger partial charge in [0.15, 0.2) is 0 Å². The van der Waals surface area contributed by atoms with Crippen molar-refractivity contribution in [1.82, 2.24) is 14.8 Å². The fraction of sp³-hybridized carbons (Fsp3) is 0.400. The second kappa shape index (κ2) is 4.73. The number of thiazole rings is 1. The maximum absolute atomic E-state index is 6.08. The number of halogens is 2. The molecule has 0 bridgehead atoms. The topological polar surface area (TPSA) is 30.7 Å². The molecule has 2 aromatic rings. The molecule has 86 valence electrons. The molecule has 0 atom stereocenters. The van der Waals surface area contributed by atoms with Crippen molar-refractivity contribution in [1.29, 1.82) is 0 Å². The Balaban J connectivity index is 2.23. The lowest BCUT2D eigenvalue weighted by molar-refractivity contribution is 0.655. The number of aromatic nitrogens is 3. The summed E-state index contributed by atoms with van der Waals surface area (Å²) in [5.41, 5.74) is 2.74. The number of aryl methyl sites for hydroxylation is 1. The zero-order valence-electron chi connectivity index (χ0n) is 9.00. The molecule has 3 nitrogen and oxygen atoms in total. The van der Waals surface area contributed by atoms with E-state index in [0.29, 0.717) is 12.4 Å². The van der Waals surface area contributed by atoms with Gasteiger partial charge >= 0.3 is 0 Å². The average Bonchev–Trinajstić information content (AvgIpc) is 2.81. The zero-order chi connectivity index (χ0) is 11.7. The van der Waals surface area contributed by atoms with Gasteiger partial charge in [0.1, 0.15) is 5.01 Å². The molecule has 0 aliphatic carbocycles. The molecule has 2 rings (SSSR count). The first-order valence-corrected chi connectivity index (χ1v) is 6.59. The number of alkyl halides is 1. The van der Waals surface area contributed by atoms with E-state index in [1.54, 1.807) is 11.3 Å². The Labute approximate surface area is 108 Å². The number of hydrogen-bond acceptors (Lipinski definition) is 3. The fourth-order valence-electron chi connectivity index (χ4n) is 1.44. The van der Waals surface area contributed by atoms with Crippen LogP contribution in [0.5, 0.6) is 0 Å². The molecular formula is C10H11Cl2N3S. The van der Waals surface area contributed by atoms with Crippen molar-refractivity contribution in [3.8, 4) is 0 Å². The summed E-state index contributed by atoms with van der Waals surface area (Å²) in [5.74, 6) is 0.453. The van der Waals surface area contributed by atoms with Gasteiger partial charge in [0.25, 0.3) is 0 Å². The first kappa shape index (κ1) is 11.9. The molecule has 2 aromatic heterocycles. The van der Waals surface area contributed by atoms with Crippen LogP contribution in [0.15, 0.2) is 5.38 Å². The molecule has 0 aliphatic heterocycles. The second-order valence-electron chi connectivity index (χ2n) is 3.51. The summed E-state index contributed by atoms with van der Waals surface area (Å²) in [7, 11) is 0. The Bertz CT molecular complexity index is 504. The predicted molar refractivity (Wildman–Crippen MR) is 67.5 cm³/mol. The van der Waals surface area contributed by atoms with Gasteiger partial charge in [-0.3, -0.25) is 4.68 Å². The highest BCUT2D eigenvalue weighted by Gasteiger charge is 2.10. The molecule has 0 saturated carbocycles. The van der Waals surface area contributed by atoms with Crippen molar-refractivity contribution in [3.05, 3.63) is 32.5 Å². The molecule has 6 heteroatoms. The standard InChI is InChI=1S/C10H11Cl2N3S/c1-6-10(12)7(2)15(14-6)4-9-13-8(3-11)5-16-9/h5H,3-4H2,1-2H3. The molecule has 0 amide bonds. The molecule has 0 aromatic carbocycles. The van der Waals surface area contributed by atoms with Crippen molar-refractivity contribution < 1.29 is 0 Å². The summed E-state index contributed by atoms with van der Waals surface area (Å²) in [6, 6.07) is 0. The highest BCUT2D eigenvalue weighted by Crippen LogP contribution is 2.21. The lowest BCUT2D eigenvalue weighted by atomic mass is 10.4. The lowest BCUT2D eigenvalue weighted by Gasteiger charge is -2.00. The van der Waals surface area contributed by atoms with Crippen LogP contribution in [0.3, 0.4) is 0 Å². The summed E-state index contributed by atoms with van der Waals surface area (Å²) in [6.07, 6.45) is 0. The van der Waals surface area contributed by atoms with Gasteiger partial charge < -0.3 is 0 Å². The summed E-state index contributed by atoms with van der Waals surface area (Å²) in [5, 5.41) is 8.06. The normalized spacial score (nSPS) is 11.0. The molecule has 0 spiro atoms. The minimum atomic E-state index is 0.453. The van der Waals surface area contributed by atoms with Crippen LogP contribution in [0.2, 0.25) is 5.02 Å². The van der Waals surface area contributed by atoms with Gasteiger partial charge in [0, 0.05) is 5.38 Å². The SMILES string of the molecule is Cc1nn(Cc2nc(CCl)cs2)c(C)c1Cl. The average molecular weight is 276 g/mol. The minimum Gasteiger partial charge on any atom is -0.261 e. The van der Waals surface area contributed by atoms with Crippen LogP contribution >= 0.6 is 34.5 Å². The third-order valence-corrected chi connectivity index (χ3v) is 4.02. The minimum absolute atomic E-state index is 0.453. The number of nitrogens with zero attached hydrogens (tertiary/aromatic N) is 3. The van der Waals surface area contributed by atoms with Crippen molar-refractivity contribution in [2.24, 2.45) is 0 Å². The Kier molecular flexibility index (Phi) is 3.52. The highest BCUT2D eigenvalue weighted by atomic mass is 35.5. The second-order valence-corrected chi connectivity index (χ2v) is 5.10. The van der Waals surface area contributed by atoms with Gasteiger partial charge in [0.2, 0.25) is 0 Å². The van der Waals surface area contributed by atoms with E-state index in [0.717, 1.165) is 27.1 Å². The molecule has 0 aliphatic rings. The van der Waals surface area contributed by atoms with Crippen LogP contribution in [0.25, 0.3) is 0 Å². The third kappa shape index (κ3) is 2.24. The van der Waals surface area contributed by atoms with E-state index in [1.165, 1.54) is 0 Å². The van der Waals surface area contributed by atoms with E-state index in [-0.39, 0.29) is 0 Å². The van der Waals surface area contributed by atoms with Gasteiger partial charge in [-0.15, -0.1) is 22.9 Å². The highest BCUT2D eigenvalue weighted by molar-refractivity contribution is 7.09. The maximum atomic E-state index is 6.08. The van der Waals surface area contributed by atoms with E-state index < -0.39 is 0 Å². The molecule has 0 N–H and O–H groups in total. The van der Waals surface area contributed by atoms with E-state index in [2.05, 4.69) is 10.1 Å². The van der Waals surface area contributed by atoms with Gasteiger partial charge in [-0.05, 0) is 13.8 Å². The van der Waals surface area contributed by atoms with Crippen molar-refractivity contribution in [3.63, 3.8) is 0 Å². The van der Waals surface area contributed by atoms with Crippen LogP contribution < -0.4 is 0 Å². The summed E-state index contributed by atoms with van der Waals surface area (Å²) in [6.45, 7) is 4.51. The largest absolute Gasteiger partial charge is 0.261 e. The number of rotatable bonds is 3. The quantitative estimate of drug-likeness (QED) is 0.804. The summed E-state index contributed by atoms with van der Waals surface area (Å²) < 4.78 is 1.87. The molecule has 0 radical (unpaired) electrons. The van der Waals surface area contributed by atoms with Crippen LogP contribution in [-0.4, -0.2) is 14.8 Å². The molecule has 0 unspecified atom stereocenters. The van der Waals surface area contributed by atoms with Crippen LogP contribution in [-0.2, 0) is 12.4 Å². The van der Waals surface area contributed by atoms with E-state index in [1.807, 2.05) is 23.9 Å². The first-order valence-electron chi connectivity index (χ1n) is 4.80. The molecule has 16 heavy (non-hydrogen) atoms. The molecular weight excluding hydrogens is 265 g/mol. The number of hydrogen-bond donors (Lipinski definition) is 0. The Hall–Kier alpha value is -0.580. The van der Waals surface area contributed by atoms with Crippen molar-refractivity contribution in [2.45, 2.75) is 26.3 Å². The predicted octanol–water partition coefficient (Wildman–Crippen LogP) is 3.40. The maximum Gasteiger partial charge on any atom is 0.114 e. The van der Waals surface area contributed by atoms with Gasteiger partial charge in [-0.1, -0.05) is 11.6 Å². The molecule has 0 saturated heterocycles. The monoisotopic (exact) mass is 275 g/mol. The van der Waals surface area contributed by atoms with Crippen LogP contribution in [0.4, 0.5) is 0 Å². The van der Waals surface area contributed by atoms with E-state index in [4.69, 9.17) is 23.2 Å². The van der Waals surface area contributed by atoms with Crippen LogP contribution in [0.1, 0.15) is 22.1 Å².